The summed E-state index contributed by atoms with van der Waals surface area (Å²) in [5.41, 5.74) is 7.53. The Labute approximate surface area is 202 Å². The second-order valence-electron chi connectivity index (χ2n) is 12.7. The number of H-pyrrole nitrogens is 1. The summed E-state index contributed by atoms with van der Waals surface area (Å²) in [6.45, 7) is 15.1. The predicted octanol–water partition coefficient (Wildman–Crippen LogP) is 6.80. The van der Waals surface area contributed by atoms with Gasteiger partial charge in [0, 0.05) is 19.3 Å². The quantitative estimate of drug-likeness (QED) is 0.534. The van der Waals surface area contributed by atoms with Gasteiger partial charge < -0.3 is 15.6 Å². The minimum absolute atomic E-state index is 0.437. The Morgan fingerprint density at radius 2 is 1.42 bits per heavy atom. The van der Waals surface area contributed by atoms with Gasteiger partial charge in [0.05, 0.1) is 5.39 Å². The molecule has 0 amide bonds. The molecule has 3 N–H and O–H groups in total. The zero-order valence-corrected chi connectivity index (χ0v) is 22.3. The van der Waals surface area contributed by atoms with Gasteiger partial charge in [-0.15, -0.1) is 0 Å². The Balaban J connectivity index is 0.000000218. The molecule has 0 atom stereocenters. The van der Waals surface area contributed by atoms with Gasteiger partial charge in [0.25, 0.3) is 0 Å². The van der Waals surface area contributed by atoms with Crippen molar-refractivity contribution in [2.45, 2.75) is 99.0 Å². The Kier molecular flexibility index (Phi) is 8.47. The summed E-state index contributed by atoms with van der Waals surface area (Å²) in [4.78, 5) is 14.3. The first kappa shape index (κ1) is 26.0. The molecule has 0 aromatic carbocycles. The lowest BCUT2D eigenvalue weighted by Crippen LogP contribution is -2.38. The summed E-state index contributed by atoms with van der Waals surface area (Å²) in [5, 5.41) is 1.12. The van der Waals surface area contributed by atoms with Gasteiger partial charge in [-0.3, -0.25) is 0 Å². The highest BCUT2D eigenvalue weighted by molar-refractivity contribution is 5.87. The SMILES string of the molecule is CC(C)(C)C1CCC(CN)CC1.CN(c1ncnc2[nH]ccc12)C1CCC(C(C)(C)C)CC1. The third kappa shape index (κ3) is 6.71. The number of fused-ring (bicyclic) bond motifs is 1. The van der Waals surface area contributed by atoms with Gasteiger partial charge in [0.1, 0.15) is 17.8 Å². The van der Waals surface area contributed by atoms with E-state index >= 15 is 0 Å². The summed E-state index contributed by atoms with van der Waals surface area (Å²) < 4.78 is 0. The average molecular weight is 456 g/mol. The van der Waals surface area contributed by atoms with Crippen molar-refractivity contribution in [2.24, 2.45) is 34.3 Å². The van der Waals surface area contributed by atoms with Crippen LogP contribution in [0.15, 0.2) is 18.6 Å². The first-order chi connectivity index (χ1) is 15.5. The third-order valence-electron chi connectivity index (χ3n) is 8.54. The van der Waals surface area contributed by atoms with Crippen LogP contribution in [0.25, 0.3) is 11.0 Å². The molecule has 2 heterocycles. The molecule has 33 heavy (non-hydrogen) atoms. The van der Waals surface area contributed by atoms with Crippen LogP contribution in [-0.4, -0.2) is 34.6 Å². The summed E-state index contributed by atoms with van der Waals surface area (Å²) >= 11 is 0. The molecular weight excluding hydrogens is 406 g/mol. The average Bonchev–Trinajstić information content (AvgIpc) is 3.27. The Bertz CT molecular complexity index is 843. The van der Waals surface area contributed by atoms with E-state index in [1.54, 1.807) is 6.33 Å². The van der Waals surface area contributed by atoms with Crippen molar-refractivity contribution in [1.29, 1.82) is 0 Å². The van der Waals surface area contributed by atoms with E-state index in [4.69, 9.17) is 5.73 Å². The van der Waals surface area contributed by atoms with Gasteiger partial charge in [0.15, 0.2) is 0 Å². The number of hydrogen-bond donors (Lipinski definition) is 2. The summed E-state index contributed by atoms with van der Waals surface area (Å²) in [6, 6.07) is 2.67. The molecule has 2 aromatic rings. The molecule has 186 valence electrons. The minimum Gasteiger partial charge on any atom is -0.356 e. The second-order valence-corrected chi connectivity index (χ2v) is 12.7. The zero-order valence-electron chi connectivity index (χ0n) is 22.3. The van der Waals surface area contributed by atoms with Crippen LogP contribution in [-0.2, 0) is 0 Å². The first-order valence-corrected chi connectivity index (χ1v) is 13.2. The highest BCUT2D eigenvalue weighted by atomic mass is 15.2. The largest absolute Gasteiger partial charge is 0.356 e. The number of rotatable bonds is 3. The zero-order chi connectivity index (χ0) is 24.2. The fourth-order valence-electron chi connectivity index (χ4n) is 5.91. The van der Waals surface area contributed by atoms with E-state index in [0.29, 0.717) is 16.9 Å². The molecule has 2 aliphatic carbocycles. The molecule has 0 spiro atoms. The third-order valence-corrected chi connectivity index (χ3v) is 8.54. The van der Waals surface area contributed by atoms with Crippen molar-refractivity contribution in [2.75, 3.05) is 18.5 Å². The van der Waals surface area contributed by atoms with E-state index in [9.17, 15) is 0 Å². The van der Waals surface area contributed by atoms with E-state index in [1.807, 2.05) is 6.20 Å². The number of aromatic amines is 1. The van der Waals surface area contributed by atoms with Gasteiger partial charge >= 0.3 is 0 Å². The standard InChI is InChI=1S/C17H26N4.C11H23N/c1-17(2,3)12-5-7-13(8-6-12)21(4)16-14-9-10-18-15(14)19-11-20-16;1-11(2,3)10-6-4-9(8-12)5-7-10/h9-13H,5-8H2,1-4H3,(H,18,19,20);9-10H,4-8,12H2,1-3H3. The molecule has 2 saturated carbocycles. The highest BCUT2D eigenvalue weighted by Gasteiger charge is 2.32. The molecule has 2 aliphatic rings. The first-order valence-electron chi connectivity index (χ1n) is 13.2. The van der Waals surface area contributed by atoms with Crippen molar-refractivity contribution < 1.29 is 0 Å². The maximum Gasteiger partial charge on any atom is 0.142 e. The van der Waals surface area contributed by atoms with Crippen LogP contribution in [0.5, 0.6) is 0 Å². The lowest BCUT2D eigenvalue weighted by atomic mass is 9.70. The van der Waals surface area contributed by atoms with Gasteiger partial charge in [-0.05, 0) is 92.6 Å². The molecule has 2 fully saturated rings. The summed E-state index contributed by atoms with van der Waals surface area (Å²) in [6.07, 6.45) is 14.3. The van der Waals surface area contributed by atoms with E-state index in [0.717, 1.165) is 41.1 Å². The highest BCUT2D eigenvalue weighted by Crippen LogP contribution is 2.40. The van der Waals surface area contributed by atoms with Crippen molar-refractivity contribution >= 4 is 16.9 Å². The topological polar surface area (TPSA) is 70.8 Å². The molecular formula is C28H49N5. The molecule has 4 rings (SSSR count). The number of nitrogens with one attached hydrogen (secondary N) is 1. The van der Waals surface area contributed by atoms with Crippen molar-refractivity contribution in [3.8, 4) is 0 Å². The Morgan fingerprint density at radius 1 is 0.879 bits per heavy atom. The van der Waals surface area contributed by atoms with E-state index in [2.05, 4.69) is 74.5 Å². The molecule has 0 unspecified atom stereocenters. The van der Waals surface area contributed by atoms with Crippen LogP contribution in [0.3, 0.4) is 0 Å². The number of anilines is 1. The maximum atomic E-state index is 5.66. The van der Waals surface area contributed by atoms with Crippen LogP contribution < -0.4 is 10.6 Å². The number of aromatic nitrogens is 3. The van der Waals surface area contributed by atoms with E-state index in [-0.39, 0.29) is 0 Å². The fourth-order valence-corrected chi connectivity index (χ4v) is 5.91. The van der Waals surface area contributed by atoms with Crippen LogP contribution >= 0.6 is 0 Å². The lowest BCUT2D eigenvalue weighted by Gasteiger charge is -2.40. The maximum absolute atomic E-state index is 5.66. The molecule has 0 saturated heterocycles. The van der Waals surface area contributed by atoms with Crippen molar-refractivity contribution in [1.82, 2.24) is 15.0 Å². The normalized spacial score (nSPS) is 26.5. The van der Waals surface area contributed by atoms with Gasteiger partial charge in [-0.25, -0.2) is 9.97 Å². The number of nitrogens with zero attached hydrogens (tertiary/aromatic N) is 3. The van der Waals surface area contributed by atoms with E-state index < -0.39 is 0 Å². The summed E-state index contributed by atoms with van der Waals surface area (Å²) in [7, 11) is 2.18. The molecule has 0 radical (unpaired) electrons. The van der Waals surface area contributed by atoms with Crippen molar-refractivity contribution in [3.05, 3.63) is 18.6 Å². The predicted molar refractivity (Wildman–Crippen MR) is 141 cm³/mol. The second kappa shape index (κ2) is 10.8. The Hall–Kier alpha value is -1.62. The number of hydrogen-bond acceptors (Lipinski definition) is 4. The fraction of sp³-hybridized carbons (Fsp3) is 0.786. The summed E-state index contributed by atoms with van der Waals surface area (Å²) in [5.74, 6) is 3.66. The monoisotopic (exact) mass is 455 g/mol. The Morgan fingerprint density at radius 3 is 1.94 bits per heavy atom. The molecule has 2 aromatic heterocycles. The van der Waals surface area contributed by atoms with Gasteiger partial charge in [-0.2, -0.15) is 0 Å². The molecule has 5 heteroatoms. The van der Waals surface area contributed by atoms with Gasteiger partial charge in [-0.1, -0.05) is 41.5 Å². The molecule has 5 nitrogen and oxygen atoms in total. The lowest BCUT2D eigenvalue weighted by molar-refractivity contribution is 0.152. The van der Waals surface area contributed by atoms with Crippen LogP contribution in [0.2, 0.25) is 0 Å². The van der Waals surface area contributed by atoms with Gasteiger partial charge in [0.2, 0.25) is 0 Å². The molecule has 0 bridgehead atoms. The smallest absolute Gasteiger partial charge is 0.142 e. The van der Waals surface area contributed by atoms with E-state index in [1.165, 1.54) is 51.4 Å². The van der Waals surface area contributed by atoms with Crippen LogP contribution in [0.4, 0.5) is 5.82 Å². The number of nitrogens with two attached hydrogens (primary N) is 1. The van der Waals surface area contributed by atoms with Crippen LogP contribution in [0, 0.1) is 28.6 Å². The minimum atomic E-state index is 0.437. The van der Waals surface area contributed by atoms with Crippen molar-refractivity contribution in [3.63, 3.8) is 0 Å². The van der Waals surface area contributed by atoms with Crippen LogP contribution in [0.1, 0.15) is 92.9 Å². The molecule has 0 aliphatic heterocycles.